The fourth-order valence-electron chi connectivity index (χ4n) is 2.48. The van der Waals surface area contributed by atoms with Gasteiger partial charge < -0.3 is 10.6 Å². The standard InChI is InChI=1S/C15H19F3N2O/c16-15(17,18)13-3-1-2-12(8-13)9-14(21)20-7-5-11-4-6-19-10-11/h1-3,8,11,19H,4-7,9-10H2,(H,20,21). The van der Waals surface area contributed by atoms with Gasteiger partial charge in [0, 0.05) is 6.54 Å². The van der Waals surface area contributed by atoms with Crippen LogP contribution >= 0.6 is 0 Å². The Hall–Kier alpha value is -1.56. The molecule has 2 N–H and O–H groups in total. The summed E-state index contributed by atoms with van der Waals surface area (Å²) in [6.07, 6.45) is -2.38. The van der Waals surface area contributed by atoms with E-state index in [1.165, 1.54) is 12.1 Å². The third-order valence-corrected chi connectivity index (χ3v) is 3.66. The zero-order chi connectivity index (χ0) is 15.3. The van der Waals surface area contributed by atoms with E-state index in [1.807, 2.05) is 0 Å². The van der Waals surface area contributed by atoms with E-state index < -0.39 is 11.7 Å². The number of carbonyl (C=O) groups is 1. The van der Waals surface area contributed by atoms with E-state index in [1.54, 1.807) is 0 Å². The van der Waals surface area contributed by atoms with Gasteiger partial charge in [0.25, 0.3) is 0 Å². The Morgan fingerprint density at radius 3 is 2.86 bits per heavy atom. The van der Waals surface area contributed by atoms with Crippen molar-refractivity contribution in [1.82, 2.24) is 10.6 Å². The summed E-state index contributed by atoms with van der Waals surface area (Å²) in [5, 5.41) is 6.02. The Kier molecular flexibility index (Phi) is 5.22. The summed E-state index contributed by atoms with van der Waals surface area (Å²) in [4.78, 5) is 11.7. The normalized spacial score (nSPS) is 18.7. The number of alkyl halides is 3. The second kappa shape index (κ2) is 6.93. The lowest BCUT2D eigenvalue weighted by Crippen LogP contribution is -2.27. The molecule has 1 heterocycles. The second-order valence-electron chi connectivity index (χ2n) is 5.37. The van der Waals surface area contributed by atoms with Gasteiger partial charge in [0.1, 0.15) is 0 Å². The van der Waals surface area contributed by atoms with Crippen LogP contribution in [-0.4, -0.2) is 25.5 Å². The molecule has 0 aromatic heterocycles. The van der Waals surface area contributed by atoms with Gasteiger partial charge >= 0.3 is 6.18 Å². The van der Waals surface area contributed by atoms with Gasteiger partial charge in [-0.05, 0) is 43.5 Å². The van der Waals surface area contributed by atoms with Crippen molar-refractivity contribution in [3.63, 3.8) is 0 Å². The van der Waals surface area contributed by atoms with Gasteiger partial charge in [-0.25, -0.2) is 0 Å². The third-order valence-electron chi connectivity index (χ3n) is 3.66. The molecule has 1 aliphatic heterocycles. The summed E-state index contributed by atoms with van der Waals surface area (Å²) in [5.41, 5.74) is -0.338. The van der Waals surface area contributed by atoms with Gasteiger partial charge in [0.15, 0.2) is 0 Å². The van der Waals surface area contributed by atoms with E-state index in [0.717, 1.165) is 38.1 Å². The van der Waals surface area contributed by atoms with Gasteiger partial charge in [-0.2, -0.15) is 13.2 Å². The maximum atomic E-state index is 12.6. The number of halogens is 3. The van der Waals surface area contributed by atoms with E-state index >= 15 is 0 Å². The lowest BCUT2D eigenvalue weighted by atomic mass is 10.0. The quantitative estimate of drug-likeness (QED) is 0.876. The summed E-state index contributed by atoms with van der Waals surface area (Å²) in [7, 11) is 0. The molecule has 0 bridgehead atoms. The van der Waals surface area contributed by atoms with E-state index in [9.17, 15) is 18.0 Å². The molecule has 0 spiro atoms. The van der Waals surface area contributed by atoms with Crippen LogP contribution in [0, 0.1) is 5.92 Å². The zero-order valence-electron chi connectivity index (χ0n) is 11.7. The number of carbonyl (C=O) groups excluding carboxylic acids is 1. The van der Waals surface area contributed by atoms with Crippen molar-refractivity contribution in [2.75, 3.05) is 19.6 Å². The van der Waals surface area contributed by atoms with Crippen LogP contribution < -0.4 is 10.6 Å². The molecule has 1 fully saturated rings. The molecule has 1 saturated heterocycles. The number of amides is 1. The average Bonchev–Trinajstić information content (AvgIpc) is 2.91. The molecule has 1 aliphatic rings. The summed E-state index contributed by atoms with van der Waals surface area (Å²) in [6.45, 7) is 2.57. The van der Waals surface area contributed by atoms with E-state index in [-0.39, 0.29) is 12.3 Å². The highest BCUT2D eigenvalue weighted by Gasteiger charge is 2.30. The maximum absolute atomic E-state index is 12.6. The van der Waals surface area contributed by atoms with Gasteiger partial charge in [-0.1, -0.05) is 18.2 Å². The first-order valence-corrected chi connectivity index (χ1v) is 7.08. The predicted molar refractivity (Wildman–Crippen MR) is 73.8 cm³/mol. The van der Waals surface area contributed by atoms with Crippen molar-refractivity contribution < 1.29 is 18.0 Å². The molecule has 1 unspecified atom stereocenters. The molecule has 2 rings (SSSR count). The molecule has 1 aromatic carbocycles. The molecule has 21 heavy (non-hydrogen) atoms. The van der Waals surface area contributed by atoms with Gasteiger partial charge in [-0.3, -0.25) is 4.79 Å². The number of hydrogen-bond donors (Lipinski definition) is 2. The van der Waals surface area contributed by atoms with Crippen LogP contribution in [0.25, 0.3) is 0 Å². The molecule has 3 nitrogen and oxygen atoms in total. The van der Waals surface area contributed by atoms with Gasteiger partial charge in [-0.15, -0.1) is 0 Å². The number of benzene rings is 1. The van der Waals surface area contributed by atoms with Crippen LogP contribution in [0.15, 0.2) is 24.3 Å². The minimum Gasteiger partial charge on any atom is -0.356 e. The minimum atomic E-state index is -4.37. The lowest BCUT2D eigenvalue weighted by Gasteiger charge is -2.11. The highest BCUT2D eigenvalue weighted by atomic mass is 19.4. The van der Waals surface area contributed by atoms with Crippen molar-refractivity contribution in [2.45, 2.75) is 25.4 Å². The number of hydrogen-bond acceptors (Lipinski definition) is 2. The first kappa shape index (κ1) is 15.8. The molecular formula is C15H19F3N2O. The van der Waals surface area contributed by atoms with E-state index in [0.29, 0.717) is 18.0 Å². The molecule has 1 aromatic rings. The summed E-state index contributed by atoms with van der Waals surface area (Å²) < 4.78 is 37.7. The highest BCUT2D eigenvalue weighted by Crippen LogP contribution is 2.29. The Balaban J connectivity index is 1.79. The Morgan fingerprint density at radius 1 is 1.38 bits per heavy atom. The molecule has 0 radical (unpaired) electrons. The zero-order valence-corrected chi connectivity index (χ0v) is 11.7. The van der Waals surface area contributed by atoms with Crippen LogP contribution in [0.4, 0.5) is 13.2 Å². The lowest BCUT2D eigenvalue weighted by molar-refractivity contribution is -0.137. The molecular weight excluding hydrogens is 281 g/mol. The first-order chi connectivity index (χ1) is 9.95. The third kappa shape index (κ3) is 5.04. The Morgan fingerprint density at radius 2 is 2.19 bits per heavy atom. The average molecular weight is 300 g/mol. The first-order valence-electron chi connectivity index (χ1n) is 7.08. The number of nitrogens with one attached hydrogen (secondary N) is 2. The van der Waals surface area contributed by atoms with Crippen molar-refractivity contribution in [1.29, 1.82) is 0 Å². The summed E-state index contributed by atoms with van der Waals surface area (Å²) >= 11 is 0. The van der Waals surface area contributed by atoms with Crippen LogP contribution in [0.1, 0.15) is 24.0 Å². The molecule has 116 valence electrons. The fraction of sp³-hybridized carbons (Fsp3) is 0.533. The van der Waals surface area contributed by atoms with Crippen LogP contribution in [0.2, 0.25) is 0 Å². The molecule has 1 atom stereocenters. The molecule has 0 saturated carbocycles. The van der Waals surface area contributed by atoms with E-state index in [4.69, 9.17) is 0 Å². The van der Waals surface area contributed by atoms with Crippen LogP contribution in [-0.2, 0) is 17.4 Å². The summed E-state index contributed by atoms with van der Waals surface area (Å²) in [6, 6.07) is 4.90. The Labute approximate surface area is 121 Å². The monoisotopic (exact) mass is 300 g/mol. The maximum Gasteiger partial charge on any atom is 0.416 e. The Bertz CT molecular complexity index is 482. The largest absolute Gasteiger partial charge is 0.416 e. The van der Waals surface area contributed by atoms with Crippen molar-refractivity contribution >= 4 is 5.91 Å². The van der Waals surface area contributed by atoms with Crippen molar-refractivity contribution in [2.24, 2.45) is 5.92 Å². The van der Waals surface area contributed by atoms with E-state index in [2.05, 4.69) is 10.6 Å². The molecule has 0 aliphatic carbocycles. The predicted octanol–water partition coefficient (Wildman–Crippen LogP) is 2.36. The number of rotatable bonds is 5. The second-order valence-corrected chi connectivity index (χ2v) is 5.37. The minimum absolute atomic E-state index is 0.0210. The van der Waals surface area contributed by atoms with Crippen molar-refractivity contribution in [3.05, 3.63) is 35.4 Å². The van der Waals surface area contributed by atoms with Crippen LogP contribution in [0.3, 0.4) is 0 Å². The highest BCUT2D eigenvalue weighted by molar-refractivity contribution is 5.78. The molecule has 6 heteroatoms. The smallest absolute Gasteiger partial charge is 0.356 e. The SMILES string of the molecule is O=C(Cc1cccc(C(F)(F)F)c1)NCCC1CCNC1. The molecule has 1 amide bonds. The topological polar surface area (TPSA) is 41.1 Å². The van der Waals surface area contributed by atoms with Gasteiger partial charge in [0.05, 0.1) is 12.0 Å². The van der Waals surface area contributed by atoms with Crippen molar-refractivity contribution in [3.8, 4) is 0 Å². The van der Waals surface area contributed by atoms with Crippen LogP contribution in [0.5, 0.6) is 0 Å². The van der Waals surface area contributed by atoms with Gasteiger partial charge in [0.2, 0.25) is 5.91 Å². The summed E-state index contributed by atoms with van der Waals surface area (Å²) in [5.74, 6) is 0.346. The fourth-order valence-corrected chi connectivity index (χ4v) is 2.48.